The van der Waals surface area contributed by atoms with Crippen molar-refractivity contribution in [3.8, 4) is 0 Å². The third kappa shape index (κ3) is 6.21. The van der Waals surface area contributed by atoms with E-state index in [1.54, 1.807) is 11.8 Å². The Morgan fingerprint density at radius 2 is 1.89 bits per heavy atom. The summed E-state index contributed by atoms with van der Waals surface area (Å²) in [5, 5.41) is 2.90. The number of aryl methyl sites for hydroxylation is 1. The monoisotopic (exact) mass is 430 g/mol. The van der Waals surface area contributed by atoms with Crippen LogP contribution in [0.4, 0.5) is 0 Å². The van der Waals surface area contributed by atoms with Gasteiger partial charge in [0.2, 0.25) is 11.8 Å². The molecule has 144 valence electrons. The van der Waals surface area contributed by atoms with Crippen LogP contribution in [0.2, 0.25) is 0 Å². The molecule has 0 aliphatic heterocycles. The van der Waals surface area contributed by atoms with Crippen LogP contribution in [0.15, 0.2) is 53.0 Å². The summed E-state index contributed by atoms with van der Waals surface area (Å²) in [4.78, 5) is 27.3. The van der Waals surface area contributed by atoms with E-state index in [1.165, 1.54) is 0 Å². The molecule has 0 aliphatic rings. The molecule has 1 atom stereocenters. The van der Waals surface area contributed by atoms with Gasteiger partial charge in [0.1, 0.15) is 6.04 Å². The summed E-state index contributed by atoms with van der Waals surface area (Å²) in [5.74, 6) is -0.173. The van der Waals surface area contributed by atoms with Crippen LogP contribution < -0.4 is 5.32 Å². The molecule has 0 spiro atoms. The highest BCUT2D eigenvalue weighted by molar-refractivity contribution is 9.10. The number of nitrogens with one attached hydrogen (secondary N) is 1. The Balaban J connectivity index is 2.23. The fraction of sp³-hybridized carbons (Fsp3) is 0.364. The summed E-state index contributed by atoms with van der Waals surface area (Å²) in [6.07, 6.45) is 1.15. The number of benzene rings is 2. The minimum Gasteiger partial charge on any atom is -0.354 e. The smallest absolute Gasteiger partial charge is 0.242 e. The van der Waals surface area contributed by atoms with Crippen molar-refractivity contribution in [3.63, 3.8) is 0 Å². The Morgan fingerprint density at radius 1 is 1.15 bits per heavy atom. The van der Waals surface area contributed by atoms with Crippen LogP contribution in [0.1, 0.15) is 37.0 Å². The van der Waals surface area contributed by atoms with Crippen LogP contribution in [0.3, 0.4) is 0 Å². The zero-order chi connectivity index (χ0) is 19.8. The first kappa shape index (κ1) is 21.2. The number of amides is 2. The zero-order valence-corrected chi connectivity index (χ0v) is 17.8. The molecule has 2 aromatic carbocycles. The lowest BCUT2D eigenvalue weighted by Crippen LogP contribution is -2.48. The molecule has 27 heavy (non-hydrogen) atoms. The highest BCUT2D eigenvalue weighted by Crippen LogP contribution is 2.17. The molecule has 5 heteroatoms. The molecule has 0 radical (unpaired) electrons. The highest BCUT2D eigenvalue weighted by atomic mass is 79.9. The Morgan fingerprint density at radius 3 is 2.56 bits per heavy atom. The van der Waals surface area contributed by atoms with E-state index >= 15 is 0 Å². The van der Waals surface area contributed by atoms with Crippen LogP contribution >= 0.6 is 15.9 Å². The Labute approximate surface area is 170 Å². The molecule has 0 unspecified atom stereocenters. The maximum Gasteiger partial charge on any atom is 0.242 e. The number of hydrogen-bond donors (Lipinski definition) is 1. The molecule has 1 N–H and O–H groups in total. The second-order valence-electron chi connectivity index (χ2n) is 6.72. The molecule has 0 bridgehead atoms. The number of nitrogens with zero attached hydrogens (tertiary/aromatic N) is 1. The van der Waals surface area contributed by atoms with Crippen molar-refractivity contribution in [2.45, 2.75) is 46.2 Å². The molecule has 2 rings (SSSR count). The van der Waals surface area contributed by atoms with Gasteiger partial charge in [0.05, 0.1) is 6.42 Å². The van der Waals surface area contributed by atoms with E-state index in [9.17, 15) is 9.59 Å². The van der Waals surface area contributed by atoms with E-state index in [0.717, 1.165) is 27.6 Å². The van der Waals surface area contributed by atoms with Gasteiger partial charge in [-0.15, -0.1) is 0 Å². The fourth-order valence-electron chi connectivity index (χ4n) is 2.88. The Bertz CT molecular complexity index is 791. The maximum atomic E-state index is 13.1. The number of carbonyl (C=O) groups is 2. The third-order valence-electron chi connectivity index (χ3n) is 4.56. The maximum absolute atomic E-state index is 13.1. The largest absolute Gasteiger partial charge is 0.354 e. The van der Waals surface area contributed by atoms with Crippen LogP contribution in [0.25, 0.3) is 0 Å². The van der Waals surface area contributed by atoms with Crippen molar-refractivity contribution in [1.29, 1.82) is 0 Å². The second-order valence-corrected chi connectivity index (χ2v) is 7.64. The quantitative estimate of drug-likeness (QED) is 0.680. The predicted octanol–water partition coefficient (Wildman–Crippen LogP) is 4.24. The van der Waals surface area contributed by atoms with E-state index in [2.05, 4.69) is 21.2 Å². The minimum absolute atomic E-state index is 0.0524. The summed E-state index contributed by atoms with van der Waals surface area (Å²) in [6.45, 7) is 6.80. The average Bonchev–Trinajstić information content (AvgIpc) is 2.65. The van der Waals surface area contributed by atoms with Crippen LogP contribution in [-0.4, -0.2) is 29.3 Å². The first-order valence-electron chi connectivity index (χ1n) is 9.28. The van der Waals surface area contributed by atoms with Gasteiger partial charge in [0, 0.05) is 17.6 Å². The van der Waals surface area contributed by atoms with Crippen molar-refractivity contribution in [2.24, 2.45) is 0 Å². The summed E-state index contributed by atoms with van der Waals surface area (Å²) in [7, 11) is 0. The fourth-order valence-corrected chi connectivity index (χ4v) is 3.33. The summed E-state index contributed by atoms with van der Waals surface area (Å²) >= 11 is 3.47. The molecule has 0 heterocycles. The summed E-state index contributed by atoms with van der Waals surface area (Å²) < 4.78 is 0.953. The standard InChI is InChI=1S/C22H27BrN2O2/c1-4-12-24-22(27)17(3)25(15-18-9-7-11-20(23)13-18)21(26)14-19-10-6-5-8-16(19)2/h5-11,13,17H,4,12,14-15H2,1-3H3,(H,24,27)/t17-/m0/s1. The lowest BCUT2D eigenvalue weighted by atomic mass is 10.0. The molecule has 2 amide bonds. The molecule has 0 saturated heterocycles. The van der Waals surface area contributed by atoms with Crippen molar-refractivity contribution in [3.05, 3.63) is 69.7 Å². The Kier molecular flexibility index (Phi) is 8.04. The number of carbonyl (C=O) groups excluding carboxylic acids is 2. The van der Waals surface area contributed by atoms with Crippen LogP contribution in [0, 0.1) is 6.92 Å². The third-order valence-corrected chi connectivity index (χ3v) is 5.05. The molecular formula is C22H27BrN2O2. The number of rotatable bonds is 8. The van der Waals surface area contributed by atoms with Gasteiger partial charge < -0.3 is 10.2 Å². The molecule has 4 nitrogen and oxygen atoms in total. The van der Waals surface area contributed by atoms with Gasteiger partial charge in [0.15, 0.2) is 0 Å². The van der Waals surface area contributed by atoms with Crippen molar-refractivity contribution in [1.82, 2.24) is 10.2 Å². The minimum atomic E-state index is -0.535. The predicted molar refractivity (Wildman–Crippen MR) is 112 cm³/mol. The van der Waals surface area contributed by atoms with E-state index in [0.29, 0.717) is 13.1 Å². The molecule has 0 saturated carbocycles. The highest BCUT2D eigenvalue weighted by Gasteiger charge is 2.26. The van der Waals surface area contributed by atoms with E-state index in [4.69, 9.17) is 0 Å². The van der Waals surface area contributed by atoms with Gasteiger partial charge in [0.25, 0.3) is 0 Å². The van der Waals surface area contributed by atoms with Crippen LogP contribution in [-0.2, 0) is 22.6 Å². The zero-order valence-electron chi connectivity index (χ0n) is 16.2. The topological polar surface area (TPSA) is 49.4 Å². The normalized spacial score (nSPS) is 11.7. The lowest BCUT2D eigenvalue weighted by molar-refractivity contribution is -0.140. The summed E-state index contributed by atoms with van der Waals surface area (Å²) in [5.41, 5.74) is 3.05. The molecule has 2 aromatic rings. The van der Waals surface area contributed by atoms with E-state index < -0.39 is 6.04 Å². The molecule has 0 aromatic heterocycles. The van der Waals surface area contributed by atoms with Gasteiger partial charge in [-0.1, -0.05) is 59.3 Å². The van der Waals surface area contributed by atoms with E-state index in [1.807, 2.05) is 62.4 Å². The Hall–Kier alpha value is -2.14. The molecule has 0 aliphatic carbocycles. The van der Waals surface area contributed by atoms with Crippen LogP contribution in [0.5, 0.6) is 0 Å². The number of hydrogen-bond acceptors (Lipinski definition) is 2. The number of halogens is 1. The second kappa shape index (κ2) is 10.3. The molecular weight excluding hydrogens is 404 g/mol. The van der Waals surface area contributed by atoms with Crippen molar-refractivity contribution < 1.29 is 9.59 Å². The summed E-state index contributed by atoms with van der Waals surface area (Å²) in [6, 6.07) is 15.2. The van der Waals surface area contributed by atoms with Crippen molar-refractivity contribution >= 4 is 27.7 Å². The van der Waals surface area contributed by atoms with Gasteiger partial charge in [-0.25, -0.2) is 0 Å². The van der Waals surface area contributed by atoms with E-state index in [-0.39, 0.29) is 18.2 Å². The van der Waals surface area contributed by atoms with Gasteiger partial charge in [-0.2, -0.15) is 0 Å². The van der Waals surface area contributed by atoms with Gasteiger partial charge >= 0.3 is 0 Å². The molecule has 0 fully saturated rings. The first-order valence-corrected chi connectivity index (χ1v) is 10.1. The average molecular weight is 431 g/mol. The van der Waals surface area contributed by atoms with Gasteiger partial charge in [-0.3, -0.25) is 9.59 Å². The first-order chi connectivity index (χ1) is 12.9. The van der Waals surface area contributed by atoms with Crippen molar-refractivity contribution in [2.75, 3.05) is 6.54 Å². The SMILES string of the molecule is CCCNC(=O)[C@H](C)N(Cc1cccc(Br)c1)C(=O)Cc1ccccc1C. The van der Waals surface area contributed by atoms with Gasteiger partial charge in [-0.05, 0) is 49.1 Å². The lowest BCUT2D eigenvalue weighted by Gasteiger charge is -2.29.